The van der Waals surface area contributed by atoms with E-state index in [9.17, 15) is 9.18 Å². The highest BCUT2D eigenvalue weighted by Crippen LogP contribution is 2.32. The molecule has 2 N–H and O–H groups in total. The molecule has 1 saturated heterocycles. The zero-order chi connectivity index (χ0) is 14.7. The summed E-state index contributed by atoms with van der Waals surface area (Å²) in [4.78, 5) is 12.1. The molecule has 1 aliphatic heterocycles. The van der Waals surface area contributed by atoms with Gasteiger partial charge in [-0.3, -0.25) is 4.79 Å². The van der Waals surface area contributed by atoms with Gasteiger partial charge in [0, 0.05) is 10.6 Å². The Bertz CT molecular complexity index is 504. The number of nitrogens with one attached hydrogen (secondary N) is 2. The highest BCUT2D eigenvalue weighted by molar-refractivity contribution is 6.36. The lowest BCUT2D eigenvalue weighted by Gasteiger charge is -2.25. The van der Waals surface area contributed by atoms with E-state index in [1.54, 1.807) is 6.92 Å². The number of rotatable bonds is 3. The second kappa shape index (κ2) is 6.74. The van der Waals surface area contributed by atoms with Gasteiger partial charge in [-0.05, 0) is 38.4 Å². The van der Waals surface area contributed by atoms with Gasteiger partial charge in [-0.1, -0.05) is 29.6 Å². The maximum atomic E-state index is 13.5. The summed E-state index contributed by atoms with van der Waals surface area (Å²) < 4.78 is 13.5. The third-order valence-electron chi connectivity index (χ3n) is 3.50. The fraction of sp³-hybridized carbons (Fsp3) is 0.500. The van der Waals surface area contributed by atoms with Gasteiger partial charge in [-0.15, -0.1) is 0 Å². The Hall–Kier alpha value is -0.840. The lowest BCUT2D eigenvalue weighted by molar-refractivity contribution is -0.124. The molecule has 0 bridgehead atoms. The van der Waals surface area contributed by atoms with E-state index < -0.39 is 11.9 Å². The van der Waals surface area contributed by atoms with Crippen molar-refractivity contribution in [1.82, 2.24) is 10.6 Å². The number of hydrogen-bond acceptors (Lipinski definition) is 2. The lowest BCUT2D eigenvalue weighted by atomic mass is 10.0. The van der Waals surface area contributed by atoms with Gasteiger partial charge in [0.05, 0.1) is 17.1 Å². The highest BCUT2D eigenvalue weighted by Gasteiger charge is 2.24. The number of benzene rings is 1. The minimum atomic E-state index is -0.539. The van der Waals surface area contributed by atoms with Crippen molar-refractivity contribution in [2.75, 3.05) is 6.54 Å². The molecular weight excluding hydrogens is 302 g/mol. The number of hydrogen-bond donors (Lipinski definition) is 2. The van der Waals surface area contributed by atoms with Crippen LogP contribution in [0, 0.1) is 5.82 Å². The van der Waals surface area contributed by atoms with Crippen molar-refractivity contribution in [3.63, 3.8) is 0 Å². The van der Waals surface area contributed by atoms with Crippen LogP contribution in [0.3, 0.4) is 0 Å². The second-order valence-electron chi connectivity index (χ2n) is 4.99. The summed E-state index contributed by atoms with van der Waals surface area (Å²) in [5.41, 5.74) is 0.414. The molecule has 6 heteroatoms. The topological polar surface area (TPSA) is 41.1 Å². The van der Waals surface area contributed by atoms with Crippen LogP contribution in [0.15, 0.2) is 12.1 Å². The van der Waals surface area contributed by atoms with Crippen molar-refractivity contribution in [2.45, 2.75) is 38.3 Å². The molecule has 1 heterocycles. The number of amides is 1. The van der Waals surface area contributed by atoms with Gasteiger partial charge in [0.2, 0.25) is 5.91 Å². The van der Waals surface area contributed by atoms with Crippen molar-refractivity contribution >= 4 is 29.1 Å². The van der Waals surface area contributed by atoms with Crippen LogP contribution >= 0.6 is 23.2 Å². The quantitative estimate of drug-likeness (QED) is 0.838. The van der Waals surface area contributed by atoms with E-state index in [0.717, 1.165) is 25.8 Å². The van der Waals surface area contributed by atoms with Crippen molar-refractivity contribution in [2.24, 2.45) is 0 Å². The van der Waals surface area contributed by atoms with E-state index in [1.165, 1.54) is 12.1 Å². The molecule has 1 fully saturated rings. The smallest absolute Gasteiger partial charge is 0.237 e. The average Bonchev–Trinajstić information content (AvgIpc) is 2.44. The summed E-state index contributed by atoms with van der Waals surface area (Å²) in [6, 6.07) is 2.02. The molecule has 20 heavy (non-hydrogen) atoms. The third kappa shape index (κ3) is 3.43. The Morgan fingerprint density at radius 1 is 1.45 bits per heavy atom. The fourth-order valence-electron chi connectivity index (χ4n) is 2.40. The summed E-state index contributed by atoms with van der Waals surface area (Å²) in [5.74, 6) is -0.642. The maximum absolute atomic E-state index is 13.5. The van der Waals surface area contributed by atoms with Gasteiger partial charge in [0.25, 0.3) is 0 Å². The molecule has 0 radical (unpaired) electrons. The minimum absolute atomic E-state index is 0.0399. The van der Waals surface area contributed by atoms with E-state index in [1.807, 2.05) is 0 Å². The van der Waals surface area contributed by atoms with Crippen molar-refractivity contribution < 1.29 is 9.18 Å². The van der Waals surface area contributed by atoms with E-state index in [4.69, 9.17) is 23.2 Å². The second-order valence-corrected chi connectivity index (χ2v) is 5.77. The predicted octanol–water partition coefficient (Wildman–Crippen LogP) is 3.45. The molecule has 1 aromatic carbocycles. The van der Waals surface area contributed by atoms with Crippen LogP contribution < -0.4 is 10.6 Å². The van der Waals surface area contributed by atoms with Crippen molar-refractivity contribution in [3.8, 4) is 0 Å². The van der Waals surface area contributed by atoms with Crippen LogP contribution in [0.5, 0.6) is 0 Å². The monoisotopic (exact) mass is 318 g/mol. The molecule has 0 aromatic heterocycles. The van der Waals surface area contributed by atoms with Crippen LogP contribution in [0.25, 0.3) is 0 Å². The molecule has 1 amide bonds. The van der Waals surface area contributed by atoms with Crippen molar-refractivity contribution in [3.05, 3.63) is 33.6 Å². The molecule has 0 spiro atoms. The SMILES string of the molecule is CC(NC(=O)C1CCCCN1)c1c(Cl)ccc(F)c1Cl. The number of carbonyl (C=O) groups excluding carboxylic acids is 1. The molecule has 1 aliphatic rings. The molecule has 2 rings (SSSR count). The van der Waals surface area contributed by atoms with Crippen molar-refractivity contribution in [1.29, 1.82) is 0 Å². The van der Waals surface area contributed by atoms with Gasteiger partial charge < -0.3 is 10.6 Å². The molecule has 2 atom stereocenters. The summed E-state index contributed by atoms with van der Waals surface area (Å²) in [6.45, 7) is 2.58. The first-order chi connectivity index (χ1) is 9.50. The highest BCUT2D eigenvalue weighted by atomic mass is 35.5. The third-order valence-corrected chi connectivity index (χ3v) is 4.21. The van der Waals surface area contributed by atoms with Crippen LogP contribution in [-0.4, -0.2) is 18.5 Å². The Morgan fingerprint density at radius 2 is 2.20 bits per heavy atom. The standard InChI is InChI=1S/C14H17Cl2FN2O/c1-8(12-9(15)5-6-10(17)13(12)16)19-14(20)11-4-2-3-7-18-11/h5-6,8,11,18H,2-4,7H2,1H3,(H,19,20). The first-order valence-corrected chi connectivity index (χ1v) is 7.43. The Balaban J connectivity index is 2.10. The number of carbonyl (C=O) groups is 1. The van der Waals surface area contributed by atoms with Gasteiger partial charge in [0.1, 0.15) is 5.82 Å². The first-order valence-electron chi connectivity index (χ1n) is 6.68. The average molecular weight is 319 g/mol. The van der Waals surface area contributed by atoms with Crippen LogP contribution in [0.4, 0.5) is 4.39 Å². The lowest BCUT2D eigenvalue weighted by Crippen LogP contribution is -2.47. The minimum Gasteiger partial charge on any atom is -0.348 e. The van der Waals surface area contributed by atoms with Crippen LogP contribution in [-0.2, 0) is 4.79 Å². The van der Waals surface area contributed by atoms with Gasteiger partial charge in [-0.25, -0.2) is 4.39 Å². The summed E-state index contributed by atoms with van der Waals surface area (Å²) >= 11 is 12.0. The van der Waals surface area contributed by atoms with E-state index in [2.05, 4.69) is 10.6 Å². The van der Waals surface area contributed by atoms with Gasteiger partial charge in [0.15, 0.2) is 0 Å². The normalized spacial score (nSPS) is 20.5. The zero-order valence-corrected chi connectivity index (χ0v) is 12.7. The Kier molecular flexibility index (Phi) is 5.24. The fourth-order valence-corrected chi connectivity index (χ4v) is 3.10. The van der Waals surface area contributed by atoms with E-state index in [-0.39, 0.29) is 17.0 Å². The molecule has 1 aromatic rings. The number of piperidine rings is 1. The molecule has 110 valence electrons. The molecular formula is C14H17Cl2FN2O. The Labute approximate surface area is 127 Å². The summed E-state index contributed by atoms with van der Waals surface area (Å²) in [5, 5.41) is 6.31. The van der Waals surface area contributed by atoms with Gasteiger partial charge in [-0.2, -0.15) is 0 Å². The summed E-state index contributed by atoms with van der Waals surface area (Å²) in [6.07, 6.45) is 2.92. The predicted molar refractivity (Wildman–Crippen MR) is 78.6 cm³/mol. The summed E-state index contributed by atoms with van der Waals surface area (Å²) in [7, 11) is 0. The number of halogens is 3. The molecule has 0 saturated carbocycles. The van der Waals surface area contributed by atoms with Gasteiger partial charge >= 0.3 is 0 Å². The largest absolute Gasteiger partial charge is 0.348 e. The van der Waals surface area contributed by atoms with Crippen LogP contribution in [0.1, 0.15) is 37.8 Å². The Morgan fingerprint density at radius 3 is 2.85 bits per heavy atom. The molecule has 0 aliphatic carbocycles. The zero-order valence-electron chi connectivity index (χ0n) is 11.2. The van der Waals surface area contributed by atoms with E-state index in [0.29, 0.717) is 10.6 Å². The van der Waals surface area contributed by atoms with Crippen LogP contribution in [0.2, 0.25) is 10.0 Å². The maximum Gasteiger partial charge on any atom is 0.237 e. The first kappa shape index (κ1) is 15.5. The molecule has 2 unspecified atom stereocenters. The molecule has 3 nitrogen and oxygen atoms in total. The van der Waals surface area contributed by atoms with E-state index >= 15 is 0 Å².